The Hall–Kier alpha value is -1.54. The van der Waals surface area contributed by atoms with Crippen molar-refractivity contribution in [2.24, 2.45) is 0 Å². The maximum atomic E-state index is 12.8. The summed E-state index contributed by atoms with van der Waals surface area (Å²) in [5, 5.41) is -0.512. The molecule has 1 aliphatic heterocycles. The molecule has 3 rings (SSSR count). The summed E-state index contributed by atoms with van der Waals surface area (Å²) in [4.78, 5) is 50.9. The van der Waals surface area contributed by atoms with Crippen molar-refractivity contribution in [2.45, 2.75) is 13.0 Å². The lowest BCUT2D eigenvalue weighted by molar-refractivity contribution is -0.146. The summed E-state index contributed by atoms with van der Waals surface area (Å²) < 4.78 is 4.98. The summed E-state index contributed by atoms with van der Waals surface area (Å²) in [6, 6.07) is 2.80. The maximum absolute atomic E-state index is 12.8. The van der Waals surface area contributed by atoms with Crippen LogP contribution in [0.1, 0.15) is 38.0 Å². The van der Waals surface area contributed by atoms with Crippen LogP contribution in [0.15, 0.2) is 18.2 Å². The van der Waals surface area contributed by atoms with E-state index in [9.17, 15) is 19.2 Å². The van der Waals surface area contributed by atoms with Crippen molar-refractivity contribution in [3.05, 3.63) is 65.0 Å². The Morgan fingerprint density at radius 2 is 1.42 bits per heavy atom. The zero-order valence-corrected chi connectivity index (χ0v) is 19.8. The molecule has 0 saturated carbocycles. The maximum Gasteiger partial charge on any atom is 0.329 e. The van der Waals surface area contributed by atoms with E-state index in [1.807, 2.05) is 0 Å². The Morgan fingerprint density at radius 3 is 1.90 bits per heavy atom. The number of Topliss-reactive ketones (excluding diaryl/α,β-unsaturated/α-hetero) is 1. The number of esters is 1. The number of nitrogens with zero attached hydrogens (tertiary/aromatic N) is 1. The van der Waals surface area contributed by atoms with Crippen LogP contribution in [0.2, 0.25) is 30.1 Å². The fourth-order valence-electron chi connectivity index (χ4n) is 2.87. The van der Waals surface area contributed by atoms with E-state index in [4.69, 9.17) is 74.3 Å². The topological polar surface area (TPSA) is 80.8 Å². The third-order valence-corrected chi connectivity index (χ3v) is 6.79. The summed E-state index contributed by atoms with van der Waals surface area (Å²) in [5.74, 6) is -3.42. The van der Waals surface area contributed by atoms with Gasteiger partial charge in [0.1, 0.15) is 6.04 Å². The van der Waals surface area contributed by atoms with Crippen LogP contribution in [0, 0.1) is 0 Å². The molecule has 0 saturated heterocycles. The van der Waals surface area contributed by atoms with Crippen LogP contribution in [0.5, 0.6) is 0 Å². The van der Waals surface area contributed by atoms with Crippen LogP contribution >= 0.6 is 69.6 Å². The minimum absolute atomic E-state index is 0.0833. The molecule has 0 bridgehead atoms. The molecule has 1 atom stereocenters. The average Bonchev–Trinajstić information content (AvgIpc) is 2.98. The number of hydrogen-bond donors (Lipinski definition) is 0. The highest BCUT2D eigenvalue weighted by atomic mass is 35.5. The van der Waals surface area contributed by atoms with Crippen LogP contribution in [-0.4, -0.2) is 41.1 Å². The molecule has 0 fully saturated rings. The first-order valence-electron chi connectivity index (χ1n) is 8.36. The number of halogens is 6. The van der Waals surface area contributed by atoms with Gasteiger partial charge < -0.3 is 4.74 Å². The van der Waals surface area contributed by atoms with Gasteiger partial charge in [-0.15, -0.1) is 0 Å². The Bertz CT molecular complexity index is 1120. The highest BCUT2D eigenvalue weighted by molar-refractivity contribution is 6.55. The van der Waals surface area contributed by atoms with E-state index in [0.717, 1.165) is 0 Å². The molecule has 0 N–H and O–H groups in total. The molecule has 2 aromatic rings. The van der Waals surface area contributed by atoms with Crippen molar-refractivity contribution in [2.75, 3.05) is 6.61 Å². The number of carbonyl (C=O) groups excluding carboxylic acids is 4. The fraction of sp³-hybridized carbons (Fsp3) is 0.158. The lowest BCUT2D eigenvalue weighted by atomic mass is 10.1. The molecule has 2 amide bonds. The first kappa shape index (κ1) is 24.1. The van der Waals surface area contributed by atoms with Gasteiger partial charge in [0.2, 0.25) is 5.78 Å². The monoisotopic (exact) mass is 541 g/mol. The summed E-state index contributed by atoms with van der Waals surface area (Å²) in [6.45, 7) is 0.571. The van der Waals surface area contributed by atoms with Crippen molar-refractivity contribution in [3.8, 4) is 0 Å². The van der Waals surface area contributed by atoms with Gasteiger partial charge in [-0.2, -0.15) is 0 Å². The second kappa shape index (κ2) is 9.14. The largest absolute Gasteiger partial charge is 0.456 e. The van der Waals surface area contributed by atoms with Crippen molar-refractivity contribution >= 4 is 93.2 Å². The van der Waals surface area contributed by atoms with Crippen molar-refractivity contribution in [1.29, 1.82) is 0 Å². The molecular formula is C19H9Cl6NO5. The quantitative estimate of drug-likeness (QED) is 0.151. The number of hydrogen-bond acceptors (Lipinski definition) is 5. The van der Waals surface area contributed by atoms with Crippen LogP contribution in [0.3, 0.4) is 0 Å². The van der Waals surface area contributed by atoms with Crippen LogP contribution in [0.4, 0.5) is 0 Å². The number of imide groups is 1. The third-order valence-electron chi connectivity index (χ3n) is 4.44. The predicted molar refractivity (Wildman–Crippen MR) is 118 cm³/mol. The molecule has 162 valence electrons. The zero-order valence-electron chi connectivity index (χ0n) is 15.3. The molecule has 6 nitrogen and oxygen atoms in total. The van der Waals surface area contributed by atoms with Gasteiger partial charge >= 0.3 is 5.97 Å². The Labute approximate surface area is 205 Å². The second-order valence-electron chi connectivity index (χ2n) is 6.32. The highest BCUT2D eigenvalue weighted by Crippen LogP contribution is 2.45. The first-order valence-corrected chi connectivity index (χ1v) is 10.6. The number of rotatable bonds is 5. The lowest BCUT2D eigenvalue weighted by Gasteiger charge is -2.20. The van der Waals surface area contributed by atoms with E-state index in [-0.39, 0.29) is 41.8 Å². The molecule has 12 heteroatoms. The smallest absolute Gasteiger partial charge is 0.329 e. The van der Waals surface area contributed by atoms with E-state index >= 15 is 0 Å². The van der Waals surface area contributed by atoms with Gasteiger partial charge in [-0.25, -0.2) is 4.79 Å². The average molecular weight is 544 g/mol. The van der Waals surface area contributed by atoms with Gasteiger partial charge in [0.15, 0.2) is 6.61 Å². The van der Waals surface area contributed by atoms with Gasteiger partial charge in [0.25, 0.3) is 11.8 Å². The molecule has 0 spiro atoms. The van der Waals surface area contributed by atoms with E-state index in [1.165, 1.54) is 25.1 Å². The summed E-state index contributed by atoms with van der Waals surface area (Å²) in [6.07, 6.45) is 0. The van der Waals surface area contributed by atoms with E-state index in [1.54, 1.807) is 0 Å². The molecule has 1 aliphatic rings. The van der Waals surface area contributed by atoms with Crippen molar-refractivity contribution in [3.63, 3.8) is 0 Å². The van der Waals surface area contributed by atoms with E-state index in [0.29, 0.717) is 9.92 Å². The van der Waals surface area contributed by atoms with E-state index < -0.39 is 36.2 Å². The Morgan fingerprint density at radius 1 is 0.903 bits per heavy atom. The zero-order chi connectivity index (χ0) is 23.2. The van der Waals surface area contributed by atoms with E-state index in [2.05, 4.69) is 0 Å². The predicted octanol–water partition coefficient (Wildman–Crippen LogP) is 6.02. The summed E-state index contributed by atoms with van der Waals surface area (Å²) >= 11 is 35.8. The lowest BCUT2D eigenvalue weighted by Crippen LogP contribution is -2.44. The summed E-state index contributed by atoms with van der Waals surface area (Å²) in [7, 11) is 0. The molecule has 31 heavy (non-hydrogen) atoms. The molecule has 1 heterocycles. The fourth-order valence-corrected chi connectivity index (χ4v) is 4.40. The van der Waals surface area contributed by atoms with Gasteiger partial charge in [-0.1, -0.05) is 69.6 Å². The number of ether oxygens (including phenoxy) is 1. The van der Waals surface area contributed by atoms with Crippen LogP contribution in [0.25, 0.3) is 0 Å². The van der Waals surface area contributed by atoms with Crippen molar-refractivity contribution < 1.29 is 23.9 Å². The normalized spacial score (nSPS) is 14.0. The van der Waals surface area contributed by atoms with Crippen LogP contribution < -0.4 is 0 Å². The molecule has 0 aromatic heterocycles. The number of ketones is 1. The van der Waals surface area contributed by atoms with Gasteiger partial charge in [0, 0.05) is 10.6 Å². The third kappa shape index (κ3) is 4.25. The van der Waals surface area contributed by atoms with Gasteiger partial charge in [0.05, 0.1) is 36.2 Å². The SMILES string of the molecule is C[C@@H](C(=O)OCC(=O)c1ccc(Cl)cc1Cl)N1C(=O)c2c(Cl)c(Cl)c(Cl)c(Cl)c2C1=O. The number of fused-ring (bicyclic) bond motifs is 1. The van der Waals surface area contributed by atoms with Crippen molar-refractivity contribution in [1.82, 2.24) is 4.90 Å². The Kier molecular flexibility index (Phi) is 7.11. The molecule has 0 aliphatic carbocycles. The molecule has 2 aromatic carbocycles. The second-order valence-corrected chi connectivity index (χ2v) is 8.67. The van der Waals surface area contributed by atoms with Crippen LogP contribution in [-0.2, 0) is 9.53 Å². The summed E-state index contributed by atoms with van der Waals surface area (Å²) in [5.41, 5.74) is -0.445. The minimum Gasteiger partial charge on any atom is -0.456 e. The standard InChI is InChI=1S/C19H9Cl6NO5/c1-6(19(30)31-5-10(27)8-3-2-7(20)4-9(8)21)26-17(28)11-12(18(26)29)14(23)16(25)15(24)13(11)22/h2-4,6H,5H2,1H3/t6-/m0/s1. The Balaban J connectivity index is 1.79. The number of benzene rings is 2. The number of amides is 2. The van der Waals surface area contributed by atoms with Gasteiger partial charge in [-0.3, -0.25) is 19.3 Å². The molecule has 0 radical (unpaired) electrons. The first-order chi connectivity index (χ1) is 14.5. The highest BCUT2D eigenvalue weighted by Gasteiger charge is 2.45. The van der Waals surface area contributed by atoms with Gasteiger partial charge in [-0.05, 0) is 25.1 Å². The molecular weight excluding hydrogens is 535 g/mol. The molecule has 0 unspecified atom stereocenters. The number of carbonyl (C=O) groups is 4. The minimum atomic E-state index is -1.40.